The number of thioether (sulfide) groups is 1. The molecule has 1 N–H and O–H groups in total. The number of carbonyl (C=O) groups excluding carboxylic acids is 1. The van der Waals surface area contributed by atoms with Crippen molar-refractivity contribution in [2.45, 2.75) is 24.9 Å². The van der Waals surface area contributed by atoms with E-state index in [4.69, 9.17) is 0 Å². The zero-order chi connectivity index (χ0) is 22.5. The predicted molar refractivity (Wildman–Crippen MR) is 124 cm³/mol. The fourth-order valence-electron chi connectivity index (χ4n) is 3.33. The molecule has 0 aliphatic heterocycles. The van der Waals surface area contributed by atoms with Crippen LogP contribution in [0.2, 0.25) is 0 Å². The van der Waals surface area contributed by atoms with Gasteiger partial charge in [-0.1, -0.05) is 55.9 Å². The molecule has 0 aliphatic carbocycles. The third-order valence-corrected chi connectivity index (χ3v) is 5.76. The van der Waals surface area contributed by atoms with Crippen LogP contribution in [-0.2, 0) is 4.79 Å². The van der Waals surface area contributed by atoms with Crippen LogP contribution in [0.4, 0.5) is 10.1 Å². The van der Waals surface area contributed by atoms with Crippen molar-refractivity contribution in [1.82, 2.24) is 19.7 Å². The topological polar surface area (TPSA) is 72.7 Å². The first-order valence-corrected chi connectivity index (χ1v) is 11.2. The normalized spacial score (nSPS) is 11.0. The highest BCUT2D eigenvalue weighted by Gasteiger charge is 2.20. The number of nitrogens with zero attached hydrogens (tertiary/aromatic N) is 4. The second-order valence-corrected chi connectivity index (χ2v) is 8.36. The summed E-state index contributed by atoms with van der Waals surface area (Å²) in [6.07, 6.45) is 3.30. The van der Waals surface area contributed by atoms with Gasteiger partial charge in [0.1, 0.15) is 5.82 Å². The van der Waals surface area contributed by atoms with E-state index < -0.39 is 5.82 Å². The molecule has 0 saturated heterocycles. The second-order valence-electron chi connectivity index (χ2n) is 7.41. The molecule has 0 saturated carbocycles. The van der Waals surface area contributed by atoms with Gasteiger partial charge in [0, 0.05) is 23.6 Å². The summed E-state index contributed by atoms with van der Waals surface area (Å²) in [4.78, 5) is 16.8. The maximum absolute atomic E-state index is 14.7. The molecule has 0 radical (unpaired) electrons. The van der Waals surface area contributed by atoms with E-state index in [0.717, 1.165) is 11.3 Å². The Hall–Kier alpha value is -3.52. The summed E-state index contributed by atoms with van der Waals surface area (Å²) < 4.78 is 16.3. The fourth-order valence-corrected chi connectivity index (χ4v) is 4.07. The van der Waals surface area contributed by atoms with Crippen LogP contribution in [0.25, 0.3) is 17.1 Å². The van der Waals surface area contributed by atoms with E-state index in [1.54, 1.807) is 41.2 Å². The van der Waals surface area contributed by atoms with E-state index in [2.05, 4.69) is 34.3 Å². The summed E-state index contributed by atoms with van der Waals surface area (Å²) in [5, 5.41) is 11.9. The van der Waals surface area contributed by atoms with Gasteiger partial charge in [0.25, 0.3) is 0 Å². The first-order chi connectivity index (χ1) is 15.5. The van der Waals surface area contributed by atoms with Crippen LogP contribution < -0.4 is 5.32 Å². The Morgan fingerprint density at radius 2 is 1.84 bits per heavy atom. The standard InChI is InChI=1S/C24H22FN5OS/c1-16(2)18-9-3-5-11-20(18)27-22(31)15-32-24-29-28-23(17-8-7-13-26-14-17)30(24)21-12-6-4-10-19(21)25/h3-14,16H,15H2,1-2H3,(H,27,31). The molecule has 0 atom stereocenters. The Bertz CT molecular complexity index is 1230. The van der Waals surface area contributed by atoms with Crippen LogP contribution in [-0.4, -0.2) is 31.4 Å². The van der Waals surface area contributed by atoms with Crippen LogP contribution in [0.15, 0.2) is 78.2 Å². The Kier molecular flexibility index (Phi) is 6.61. The number of pyridine rings is 1. The van der Waals surface area contributed by atoms with Crippen molar-refractivity contribution in [2.24, 2.45) is 0 Å². The lowest BCUT2D eigenvalue weighted by molar-refractivity contribution is -0.113. The maximum Gasteiger partial charge on any atom is 0.234 e. The molecule has 8 heteroatoms. The summed E-state index contributed by atoms with van der Waals surface area (Å²) in [6, 6.07) is 17.8. The van der Waals surface area contributed by atoms with E-state index in [-0.39, 0.29) is 17.6 Å². The van der Waals surface area contributed by atoms with Crippen molar-refractivity contribution in [3.8, 4) is 17.1 Å². The zero-order valence-electron chi connectivity index (χ0n) is 17.7. The van der Waals surface area contributed by atoms with Gasteiger partial charge in [-0.15, -0.1) is 10.2 Å². The number of anilines is 1. The average Bonchev–Trinajstić information content (AvgIpc) is 3.22. The van der Waals surface area contributed by atoms with Gasteiger partial charge in [-0.2, -0.15) is 0 Å². The number of amides is 1. The summed E-state index contributed by atoms with van der Waals surface area (Å²) in [7, 11) is 0. The smallest absolute Gasteiger partial charge is 0.234 e. The summed E-state index contributed by atoms with van der Waals surface area (Å²) >= 11 is 1.20. The highest BCUT2D eigenvalue weighted by molar-refractivity contribution is 7.99. The molecule has 0 fully saturated rings. The lowest BCUT2D eigenvalue weighted by atomic mass is 10.0. The summed E-state index contributed by atoms with van der Waals surface area (Å²) in [5.41, 5.74) is 2.87. The number of rotatable bonds is 7. The molecule has 2 aromatic heterocycles. The SMILES string of the molecule is CC(C)c1ccccc1NC(=O)CSc1nnc(-c2cccnc2)n1-c1ccccc1F. The largest absolute Gasteiger partial charge is 0.325 e. The van der Waals surface area contributed by atoms with Gasteiger partial charge in [-0.25, -0.2) is 4.39 Å². The van der Waals surface area contributed by atoms with Crippen LogP contribution in [0.5, 0.6) is 0 Å². The van der Waals surface area contributed by atoms with Crippen molar-refractivity contribution in [3.05, 3.63) is 84.4 Å². The van der Waals surface area contributed by atoms with Gasteiger partial charge in [0.05, 0.1) is 11.4 Å². The maximum atomic E-state index is 14.7. The molecule has 0 unspecified atom stereocenters. The molecular formula is C24H22FN5OS. The molecule has 0 aliphatic rings. The van der Waals surface area contributed by atoms with E-state index in [1.807, 2.05) is 30.3 Å². The third kappa shape index (κ3) is 4.70. The van der Waals surface area contributed by atoms with Gasteiger partial charge in [-0.3, -0.25) is 14.3 Å². The molecule has 0 bridgehead atoms. The number of para-hydroxylation sites is 2. The number of aromatic nitrogens is 4. The molecule has 1 amide bonds. The number of benzene rings is 2. The number of nitrogens with one attached hydrogen (secondary N) is 1. The molecule has 2 aromatic carbocycles. The van der Waals surface area contributed by atoms with Crippen LogP contribution >= 0.6 is 11.8 Å². The molecule has 32 heavy (non-hydrogen) atoms. The Morgan fingerprint density at radius 1 is 1.06 bits per heavy atom. The van der Waals surface area contributed by atoms with Gasteiger partial charge in [0.2, 0.25) is 5.91 Å². The number of hydrogen-bond donors (Lipinski definition) is 1. The first kappa shape index (κ1) is 21.7. The zero-order valence-corrected chi connectivity index (χ0v) is 18.5. The predicted octanol–water partition coefficient (Wildman–Crippen LogP) is 5.32. The molecule has 4 aromatic rings. The van der Waals surface area contributed by atoms with Crippen molar-refractivity contribution in [1.29, 1.82) is 0 Å². The molecular weight excluding hydrogens is 425 g/mol. The molecule has 2 heterocycles. The minimum absolute atomic E-state index is 0.103. The average molecular weight is 448 g/mol. The lowest BCUT2D eigenvalue weighted by Gasteiger charge is -2.14. The number of carbonyl (C=O) groups is 1. The molecule has 0 spiro atoms. The van der Waals surface area contributed by atoms with E-state index in [0.29, 0.717) is 22.2 Å². The van der Waals surface area contributed by atoms with E-state index >= 15 is 0 Å². The van der Waals surface area contributed by atoms with Crippen molar-refractivity contribution < 1.29 is 9.18 Å². The monoisotopic (exact) mass is 447 g/mol. The minimum atomic E-state index is -0.408. The van der Waals surface area contributed by atoms with Gasteiger partial charge in [-0.05, 0) is 41.8 Å². The fraction of sp³-hybridized carbons (Fsp3) is 0.167. The van der Waals surface area contributed by atoms with Crippen LogP contribution in [0.3, 0.4) is 0 Å². The van der Waals surface area contributed by atoms with Crippen LogP contribution in [0.1, 0.15) is 25.3 Å². The number of halogens is 1. The Balaban J connectivity index is 1.60. The van der Waals surface area contributed by atoms with Gasteiger partial charge < -0.3 is 5.32 Å². The van der Waals surface area contributed by atoms with Gasteiger partial charge in [0.15, 0.2) is 11.0 Å². The Morgan fingerprint density at radius 3 is 2.59 bits per heavy atom. The highest BCUT2D eigenvalue weighted by Crippen LogP contribution is 2.29. The first-order valence-electron chi connectivity index (χ1n) is 10.2. The summed E-state index contributed by atoms with van der Waals surface area (Å²) in [5.74, 6) is 0.261. The second kappa shape index (κ2) is 9.74. The molecule has 162 valence electrons. The van der Waals surface area contributed by atoms with E-state index in [9.17, 15) is 9.18 Å². The quantitative estimate of drug-likeness (QED) is 0.388. The molecule has 6 nitrogen and oxygen atoms in total. The molecule has 4 rings (SSSR count). The lowest BCUT2D eigenvalue weighted by Crippen LogP contribution is -2.16. The van der Waals surface area contributed by atoms with Crippen LogP contribution in [0, 0.1) is 5.82 Å². The van der Waals surface area contributed by atoms with E-state index in [1.165, 1.54) is 17.8 Å². The van der Waals surface area contributed by atoms with Gasteiger partial charge >= 0.3 is 0 Å². The highest BCUT2D eigenvalue weighted by atomic mass is 32.2. The third-order valence-electron chi connectivity index (χ3n) is 4.84. The Labute approximate surface area is 189 Å². The minimum Gasteiger partial charge on any atom is -0.325 e. The summed E-state index contributed by atoms with van der Waals surface area (Å²) in [6.45, 7) is 4.16. The van der Waals surface area contributed by atoms with Crippen molar-refractivity contribution in [2.75, 3.05) is 11.1 Å². The van der Waals surface area contributed by atoms with Crippen molar-refractivity contribution in [3.63, 3.8) is 0 Å². The van der Waals surface area contributed by atoms with Crippen molar-refractivity contribution >= 4 is 23.4 Å². The number of hydrogen-bond acceptors (Lipinski definition) is 5.